The second-order valence-electron chi connectivity index (χ2n) is 8.27. The van der Waals surface area contributed by atoms with E-state index in [9.17, 15) is 14.4 Å². The third-order valence-corrected chi connectivity index (χ3v) is 7.93. The van der Waals surface area contributed by atoms with Crippen LogP contribution in [0.15, 0.2) is 18.2 Å². The van der Waals surface area contributed by atoms with Crippen molar-refractivity contribution in [2.45, 2.75) is 49.2 Å². The number of piperidine rings is 1. The third kappa shape index (κ3) is 3.13. The maximum Gasteiger partial charge on any atom is 0.255 e. The molecule has 5 rings (SSSR count). The maximum atomic E-state index is 12.9. The standard InChI is InChI=1S/C20H24N4O3S/c25-17-4-3-16(18(26)23-17)24-8-13-2-1-12(5-15(13)19(24)27)7-22-14-6-20(28-9-14)10-21-11-20/h1-2,5,14,16,21-22H,3-4,6-11H2,(H,23,25,26). The van der Waals surface area contributed by atoms with Crippen molar-refractivity contribution in [3.05, 3.63) is 34.9 Å². The van der Waals surface area contributed by atoms with Gasteiger partial charge in [-0.3, -0.25) is 19.7 Å². The molecule has 4 aliphatic heterocycles. The number of hydrogen-bond acceptors (Lipinski definition) is 6. The summed E-state index contributed by atoms with van der Waals surface area (Å²) in [6.07, 6.45) is 1.87. The minimum Gasteiger partial charge on any atom is -0.322 e. The monoisotopic (exact) mass is 400 g/mol. The van der Waals surface area contributed by atoms with Crippen LogP contribution in [0.2, 0.25) is 0 Å². The Morgan fingerprint density at radius 3 is 2.82 bits per heavy atom. The van der Waals surface area contributed by atoms with Gasteiger partial charge in [0, 0.05) is 54.7 Å². The Morgan fingerprint density at radius 1 is 1.25 bits per heavy atom. The van der Waals surface area contributed by atoms with E-state index in [1.54, 1.807) is 4.90 Å². The number of rotatable bonds is 4. The van der Waals surface area contributed by atoms with Crippen LogP contribution in [0.3, 0.4) is 0 Å². The van der Waals surface area contributed by atoms with Crippen molar-refractivity contribution >= 4 is 29.5 Å². The second-order valence-corrected chi connectivity index (χ2v) is 9.76. The number of carbonyl (C=O) groups is 3. The summed E-state index contributed by atoms with van der Waals surface area (Å²) in [7, 11) is 0. The first-order valence-electron chi connectivity index (χ1n) is 9.88. The summed E-state index contributed by atoms with van der Waals surface area (Å²) in [6, 6.07) is 5.98. The number of nitrogens with zero attached hydrogens (tertiary/aromatic N) is 1. The molecule has 7 nitrogen and oxygen atoms in total. The molecule has 4 heterocycles. The average Bonchev–Trinajstić information content (AvgIpc) is 3.22. The highest BCUT2D eigenvalue weighted by molar-refractivity contribution is 8.01. The normalized spacial score (nSPS) is 28.4. The van der Waals surface area contributed by atoms with Crippen molar-refractivity contribution < 1.29 is 14.4 Å². The Labute approximate surface area is 168 Å². The molecule has 0 bridgehead atoms. The van der Waals surface area contributed by atoms with Gasteiger partial charge in [0.2, 0.25) is 11.8 Å². The molecule has 3 N–H and O–H groups in total. The van der Waals surface area contributed by atoms with Gasteiger partial charge in [-0.05, 0) is 30.0 Å². The van der Waals surface area contributed by atoms with Gasteiger partial charge in [-0.15, -0.1) is 0 Å². The minimum atomic E-state index is -0.554. The van der Waals surface area contributed by atoms with Gasteiger partial charge < -0.3 is 15.5 Å². The first kappa shape index (κ1) is 18.1. The molecule has 0 radical (unpaired) electrons. The molecule has 1 aromatic rings. The van der Waals surface area contributed by atoms with Gasteiger partial charge >= 0.3 is 0 Å². The molecule has 148 valence electrons. The predicted molar refractivity (Wildman–Crippen MR) is 106 cm³/mol. The molecule has 1 aromatic carbocycles. The fourth-order valence-corrected chi connectivity index (χ4v) is 6.12. The van der Waals surface area contributed by atoms with E-state index < -0.39 is 6.04 Å². The highest BCUT2D eigenvalue weighted by Gasteiger charge is 2.44. The molecule has 4 aliphatic rings. The summed E-state index contributed by atoms with van der Waals surface area (Å²) < 4.78 is 0.439. The van der Waals surface area contributed by atoms with E-state index in [2.05, 4.69) is 33.8 Å². The molecule has 0 aromatic heterocycles. The van der Waals surface area contributed by atoms with E-state index in [0.717, 1.165) is 36.5 Å². The zero-order valence-corrected chi connectivity index (χ0v) is 16.4. The van der Waals surface area contributed by atoms with Crippen molar-refractivity contribution in [3.8, 4) is 0 Å². The molecular weight excluding hydrogens is 376 g/mol. The van der Waals surface area contributed by atoms with E-state index >= 15 is 0 Å². The first-order chi connectivity index (χ1) is 13.5. The summed E-state index contributed by atoms with van der Waals surface area (Å²) in [4.78, 5) is 38.0. The van der Waals surface area contributed by atoms with Crippen molar-refractivity contribution in [2.75, 3.05) is 18.8 Å². The first-order valence-corrected chi connectivity index (χ1v) is 10.9. The summed E-state index contributed by atoms with van der Waals surface area (Å²) in [5.41, 5.74) is 2.73. The molecule has 2 atom stereocenters. The van der Waals surface area contributed by atoms with Crippen LogP contribution < -0.4 is 16.0 Å². The Kier molecular flexibility index (Phi) is 4.45. The number of amides is 3. The number of thioether (sulfide) groups is 1. The average molecular weight is 401 g/mol. The quantitative estimate of drug-likeness (QED) is 0.634. The van der Waals surface area contributed by atoms with E-state index in [4.69, 9.17) is 0 Å². The molecule has 8 heteroatoms. The molecular formula is C20H24N4O3S. The third-order valence-electron chi connectivity index (χ3n) is 6.29. The van der Waals surface area contributed by atoms with Gasteiger partial charge in [-0.1, -0.05) is 12.1 Å². The van der Waals surface area contributed by atoms with Crippen LogP contribution in [0.4, 0.5) is 0 Å². The molecule has 2 unspecified atom stereocenters. The van der Waals surface area contributed by atoms with Gasteiger partial charge in [-0.2, -0.15) is 11.8 Å². The Hall–Kier alpha value is -1.90. The molecule has 3 saturated heterocycles. The van der Waals surface area contributed by atoms with Crippen molar-refractivity contribution in [3.63, 3.8) is 0 Å². The van der Waals surface area contributed by atoms with Gasteiger partial charge in [0.1, 0.15) is 6.04 Å². The van der Waals surface area contributed by atoms with Crippen LogP contribution in [0.1, 0.15) is 40.7 Å². The number of benzene rings is 1. The highest BCUT2D eigenvalue weighted by Crippen LogP contribution is 2.41. The van der Waals surface area contributed by atoms with Crippen LogP contribution in [0.5, 0.6) is 0 Å². The Morgan fingerprint density at radius 2 is 2.11 bits per heavy atom. The SMILES string of the molecule is O=C1CCC(N2Cc3ccc(CNC4CSC5(CNC5)C4)cc3C2=O)C(=O)N1. The summed E-state index contributed by atoms with van der Waals surface area (Å²) in [5, 5.41) is 9.35. The van der Waals surface area contributed by atoms with Crippen LogP contribution in [-0.4, -0.2) is 58.3 Å². The second kappa shape index (κ2) is 6.86. The smallest absolute Gasteiger partial charge is 0.255 e. The van der Waals surface area contributed by atoms with Crippen LogP contribution in [-0.2, 0) is 22.7 Å². The Balaban J connectivity index is 1.23. The lowest BCUT2D eigenvalue weighted by Gasteiger charge is -2.38. The molecule has 28 heavy (non-hydrogen) atoms. The topological polar surface area (TPSA) is 90.5 Å². The van der Waals surface area contributed by atoms with Gasteiger partial charge in [-0.25, -0.2) is 0 Å². The van der Waals surface area contributed by atoms with Crippen molar-refractivity contribution in [1.29, 1.82) is 0 Å². The van der Waals surface area contributed by atoms with E-state index in [0.29, 0.717) is 29.3 Å². The number of imide groups is 1. The molecule has 0 aliphatic carbocycles. The zero-order valence-electron chi connectivity index (χ0n) is 15.6. The van der Waals surface area contributed by atoms with Crippen molar-refractivity contribution in [1.82, 2.24) is 20.9 Å². The number of carbonyl (C=O) groups excluding carboxylic acids is 3. The maximum absolute atomic E-state index is 12.9. The van der Waals surface area contributed by atoms with Crippen molar-refractivity contribution in [2.24, 2.45) is 0 Å². The number of hydrogen-bond donors (Lipinski definition) is 3. The number of nitrogens with one attached hydrogen (secondary N) is 3. The van der Waals surface area contributed by atoms with Gasteiger partial charge in [0.25, 0.3) is 5.91 Å². The highest BCUT2D eigenvalue weighted by atomic mass is 32.2. The van der Waals surface area contributed by atoms with E-state index in [1.165, 1.54) is 6.42 Å². The van der Waals surface area contributed by atoms with Gasteiger partial charge in [0.15, 0.2) is 0 Å². The summed E-state index contributed by atoms with van der Waals surface area (Å²) in [6.45, 7) is 3.40. The number of fused-ring (bicyclic) bond motifs is 1. The predicted octanol–water partition coefficient (Wildman–Crippen LogP) is 0.385. The lowest BCUT2D eigenvalue weighted by atomic mass is 9.94. The van der Waals surface area contributed by atoms with Crippen LogP contribution >= 0.6 is 11.8 Å². The molecule has 1 spiro atoms. The fourth-order valence-electron chi connectivity index (χ4n) is 4.60. The summed E-state index contributed by atoms with van der Waals surface area (Å²) in [5.74, 6) is 0.400. The lowest BCUT2D eigenvalue weighted by molar-refractivity contribution is -0.136. The van der Waals surface area contributed by atoms with Gasteiger partial charge in [0.05, 0.1) is 0 Å². The zero-order chi connectivity index (χ0) is 19.3. The summed E-state index contributed by atoms with van der Waals surface area (Å²) >= 11 is 2.06. The fraction of sp³-hybridized carbons (Fsp3) is 0.550. The van der Waals surface area contributed by atoms with Crippen LogP contribution in [0.25, 0.3) is 0 Å². The molecule has 3 amide bonds. The minimum absolute atomic E-state index is 0.109. The molecule has 0 saturated carbocycles. The largest absolute Gasteiger partial charge is 0.322 e. The molecule has 3 fully saturated rings. The van der Waals surface area contributed by atoms with E-state index in [-0.39, 0.29) is 24.1 Å². The van der Waals surface area contributed by atoms with E-state index in [1.807, 2.05) is 12.1 Å². The lowest BCUT2D eigenvalue weighted by Crippen LogP contribution is -2.56. The Bertz CT molecular complexity index is 854. The van der Waals surface area contributed by atoms with Crippen LogP contribution in [0, 0.1) is 0 Å².